The summed E-state index contributed by atoms with van der Waals surface area (Å²) in [4.78, 5) is 14.4. The minimum Gasteiger partial charge on any atom is -0.355 e. The average Bonchev–Trinajstić information content (AvgIpc) is 3.01. The number of rotatable bonds is 7. The molecule has 0 unspecified atom stereocenters. The first-order chi connectivity index (χ1) is 11.0. The molecule has 0 bridgehead atoms. The molecule has 128 valence electrons. The summed E-state index contributed by atoms with van der Waals surface area (Å²) in [6.45, 7) is 4.79. The van der Waals surface area contributed by atoms with Crippen LogP contribution < -0.4 is 5.32 Å². The Morgan fingerprint density at radius 1 is 1.26 bits per heavy atom. The summed E-state index contributed by atoms with van der Waals surface area (Å²) in [5.41, 5.74) is 0.0318. The molecule has 0 spiro atoms. The Bertz CT molecular complexity index is 508. The first-order valence-electron chi connectivity index (χ1n) is 8.44. The number of hydrogen-bond donors (Lipinski definition) is 1. The molecule has 0 heterocycles. The summed E-state index contributed by atoms with van der Waals surface area (Å²) in [5.74, 6) is -1.20. The second kappa shape index (κ2) is 8.39. The number of carbonyl (C=O) groups is 1. The number of halogens is 2. The third-order valence-corrected chi connectivity index (χ3v) is 4.54. The van der Waals surface area contributed by atoms with Crippen molar-refractivity contribution >= 4 is 5.91 Å². The van der Waals surface area contributed by atoms with Crippen molar-refractivity contribution in [2.24, 2.45) is 0 Å². The van der Waals surface area contributed by atoms with Gasteiger partial charge in [0.1, 0.15) is 11.6 Å². The van der Waals surface area contributed by atoms with Crippen molar-refractivity contribution in [1.82, 2.24) is 10.2 Å². The predicted molar refractivity (Wildman–Crippen MR) is 87.2 cm³/mol. The summed E-state index contributed by atoms with van der Waals surface area (Å²) in [7, 11) is 0. The quantitative estimate of drug-likeness (QED) is 0.835. The van der Waals surface area contributed by atoms with E-state index < -0.39 is 11.6 Å². The second-order valence-corrected chi connectivity index (χ2v) is 6.50. The molecule has 1 aliphatic carbocycles. The fourth-order valence-corrected chi connectivity index (χ4v) is 3.29. The highest BCUT2D eigenvalue weighted by Crippen LogP contribution is 2.24. The first kappa shape index (κ1) is 17.9. The fraction of sp³-hybridized carbons (Fsp3) is 0.611. The molecule has 5 heteroatoms. The summed E-state index contributed by atoms with van der Waals surface area (Å²) >= 11 is 0. The van der Waals surface area contributed by atoms with Crippen LogP contribution >= 0.6 is 0 Å². The van der Waals surface area contributed by atoms with Crippen LogP contribution in [0.1, 0.15) is 45.1 Å². The minimum atomic E-state index is -0.561. The van der Waals surface area contributed by atoms with Gasteiger partial charge in [-0.15, -0.1) is 0 Å². The van der Waals surface area contributed by atoms with Gasteiger partial charge in [0.15, 0.2) is 0 Å². The molecule has 0 aliphatic heterocycles. The lowest BCUT2D eigenvalue weighted by Gasteiger charge is -2.31. The van der Waals surface area contributed by atoms with E-state index in [2.05, 4.69) is 24.1 Å². The van der Waals surface area contributed by atoms with Crippen LogP contribution in [0, 0.1) is 11.6 Å². The molecule has 1 N–H and O–H groups in total. The van der Waals surface area contributed by atoms with Crippen molar-refractivity contribution in [3.8, 4) is 0 Å². The van der Waals surface area contributed by atoms with Gasteiger partial charge in [0, 0.05) is 24.2 Å². The average molecular weight is 324 g/mol. The van der Waals surface area contributed by atoms with Crippen LogP contribution in [0.15, 0.2) is 18.2 Å². The smallest absolute Gasteiger partial charge is 0.234 e. The van der Waals surface area contributed by atoms with Crippen LogP contribution in [0.3, 0.4) is 0 Å². The maximum absolute atomic E-state index is 13.5. The molecule has 0 saturated heterocycles. The van der Waals surface area contributed by atoms with E-state index in [1.54, 1.807) is 0 Å². The number of nitrogens with zero attached hydrogens (tertiary/aromatic N) is 1. The number of carbonyl (C=O) groups excluding carboxylic acids is 1. The Kier molecular flexibility index (Phi) is 6.51. The van der Waals surface area contributed by atoms with Crippen molar-refractivity contribution in [3.05, 3.63) is 35.4 Å². The van der Waals surface area contributed by atoms with E-state index >= 15 is 0 Å². The van der Waals surface area contributed by atoms with Gasteiger partial charge in [0.25, 0.3) is 0 Å². The van der Waals surface area contributed by atoms with Crippen molar-refractivity contribution in [2.45, 2.75) is 58.0 Å². The van der Waals surface area contributed by atoms with Gasteiger partial charge in [0.2, 0.25) is 5.91 Å². The highest BCUT2D eigenvalue weighted by molar-refractivity contribution is 5.78. The number of nitrogens with one attached hydrogen (secondary N) is 1. The summed E-state index contributed by atoms with van der Waals surface area (Å²) in [6.07, 6.45) is 4.90. The van der Waals surface area contributed by atoms with E-state index in [9.17, 15) is 13.6 Å². The first-order valence-corrected chi connectivity index (χ1v) is 8.44. The number of amides is 1. The lowest BCUT2D eigenvalue weighted by Crippen LogP contribution is -2.46. The molecule has 1 aromatic carbocycles. The summed E-state index contributed by atoms with van der Waals surface area (Å²) in [6, 6.07) is 4.61. The largest absolute Gasteiger partial charge is 0.355 e. The molecule has 2 rings (SSSR count). The van der Waals surface area contributed by atoms with Crippen molar-refractivity contribution in [1.29, 1.82) is 0 Å². The lowest BCUT2D eigenvalue weighted by molar-refractivity contribution is -0.123. The van der Waals surface area contributed by atoms with Crippen LogP contribution in [0.2, 0.25) is 0 Å². The van der Waals surface area contributed by atoms with E-state index in [4.69, 9.17) is 0 Å². The Labute approximate surface area is 137 Å². The van der Waals surface area contributed by atoms with Crippen LogP contribution in [-0.4, -0.2) is 36.0 Å². The van der Waals surface area contributed by atoms with Crippen LogP contribution in [0.25, 0.3) is 0 Å². The summed E-state index contributed by atoms with van der Waals surface area (Å²) in [5, 5.41) is 2.78. The SMILES string of the molecule is CC(C)N(CC(=O)NCCc1c(F)cccc1F)C1CCCC1. The third-order valence-electron chi connectivity index (χ3n) is 4.54. The standard InChI is InChI=1S/C18H26F2N2O/c1-13(2)22(14-6-3-4-7-14)12-18(23)21-11-10-15-16(19)8-5-9-17(15)20/h5,8-9,13-14H,3-4,6-7,10-12H2,1-2H3,(H,21,23). The fourth-order valence-electron chi connectivity index (χ4n) is 3.29. The highest BCUT2D eigenvalue weighted by atomic mass is 19.1. The molecule has 3 nitrogen and oxygen atoms in total. The Hall–Kier alpha value is -1.49. The van der Waals surface area contributed by atoms with Crippen molar-refractivity contribution in [3.63, 3.8) is 0 Å². The van der Waals surface area contributed by atoms with E-state index in [0.717, 1.165) is 12.8 Å². The highest BCUT2D eigenvalue weighted by Gasteiger charge is 2.26. The monoisotopic (exact) mass is 324 g/mol. The molecular formula is C18H26F2N2O. The van der Waals surface area contributed by atoms with E-state index in [-0.39, 0.29) is 24.4 Å². The Morgan fingerprint density at radius 3 is 2.43 bits per heavy atom. The van der Waals surface area contributed by atoms with Crippen LogP contribution in [-0.2, 0) is 11.2 Å². The maximum Gasteiger partial charge on any atom is 0.234 e. The Morgan fingerprint density at radius 2 is 1.87 bits per heavy atom. The topological polar surface area (TPSA) is 32.3 Å². The summed E-state index contributed by atoms with van der Waals surface area (Å²) < 4.78 is 27.1. The van der Waals surface area contributed by atoms with Crippen molar-refractivity contribution in [2.75, 3.05) is 13.1 Å². The molecule has 1 aromatic rings. The van der Waals surface area contributed by atoms with Crippen LogP contribution in [0.4, 0.5) is 8.78 Å². The second-order valence-electron chi connectivity index (χ2n) is 6.50. The van der Waals surface area contributed by atoms with E-state index in [1.165, 1.54) is 31.0 Å². The van der Waals surface area contributed by atoms with E-state index in [0.29, 0.717) is 18.6 Å². The van der Waals surface area contributed by atoms with E-state index in [1.807, 2.05) is 0 Å². The van der Waals surface area contributed by atoms with Crippen molar-refractivity contribution < 1.29 is 13.6 Å². The molecule has 1 aliphatic rings. The normalized spacial score (nSPS) is 15.6. The number of benzene rings is 1. The van der Waals surface area contributed by atoms with Gasteiger partial charge in [0.05, 0.1) is 6.54 Å². The van der Waals surface area contributed by atoms with Gasteiger partial charge in [-0.05, 0) is 45.2 Å². The van der Waals surface area contributed by atoms with Gasteiger partial charge in [-0.2, -0.15) is 0 Å². The van der Waals surface area contributed by atoms with Crippen LogP contribution in [0.5, 0.6) is 0 Å². The molecule has 1 amide bonds. The van der Waals surface area contributed by atoms with Gasteiger partial charge in [-0.1, -0.05) is 18.9 Å². The Balaban J connectivity index is 1.82. The number of hydrogen-bond acceptors (Lipinski definition) is 2. The van der Waals surface area contributed by atoms with Gasteiger partial charge >= 0.3 is 0 Å². The molecule has 1 fully saturated rings. The predicted octanol–water partition coefficient (Wildman–Crippen LogP) is 3.28. The van der Waals surface area contributed by atoms with Gasteiger partial charge < -0.3 is 5.32 Å². The minimum absolute atomic E-state index is 0.0318. The molecule has 1 saturated carbocycles. The zero-order chi connectivity index (χ0) is 16.8. The maximum atomic E-state index is 13.5. The molecule has 0 atom stereocenters. The molecule has 0 aromatic heterocycles. The molecular weight excluding hydrogens is 298 g/mol. The zero-order valence-electron chi connectivity index (χ0n) is 13.9. The lowest BCUT2D eigenvalue weighted by atomic mass is 10.1. The molecule has 0 radical (unpaired) electrons. The third kappa shape index (κ3) is 4.99. The molecule has 23 heavy (non-hydrogen) atoms. The van der Waals surface area contributed by atoms with Gasteiger partial charge in [-0.3, -0.25) is 9.69 Å². The zero-order valence-corrected chi connectivity index (χ0v) is 13.9. The van der Waals surface area contributed by atoms with Gasteiger partial charge in [-0.25, -0.2) is 8.78 Å².